The van der Waals surface area contributed by atoms with Gasteiger partial charge in [0.2, 0.25) is 5.91 Å². The monoisotopic (exact) mass is 305 g/mol. The van der Waals surface area contributed by atoms with Crippen molar-refractivity contribution in [1.82, 2.24) is 4.98 Å². The highest BCUT2D eigenvalue weighted by atomic mass is 32.1. The van der Waals surface area contributed by atoms with Gasteiger partial charge in [-0.1, -0.05) is 0 Å². The average molecular weight is 305 g/mol. The van der Waals surface area contributed by atoms with E-state index in [2.05, 4.69) is 10.3 Å². The third-order valence-corrected chi connectivity index (χ3v) is 3.41. The molecule has 0 spiro atoms. The molecule has 0 saturated heterocycles. The summed E-state index contributed by atoms with van der Waals surface area (Å²) in [6, 6.07) is 6.76. The SMILES string of the molecule is CCOC(=O)Cc1csc(Nc2ccc(C(N)=O)cc2)n1. The molecule has 1 aromatic heterocycles. The van der Waals surface area contributed by atoms with Crippen LogP contribution in [0.1, 0.15) is 23.0 Å². The predicted octanol–water partition coefficient (Wildman–Crippen LogP) is 2.09. The van der Waals surface area contributed by atoms with Gasteiger partial charge in [-0.2, -0.15) is 0 Å². The summed E-state index contributed by atoms with van der Waals surface area (Å²) in [6.07, 6.45) is 0.159. The molecule has 7 heteroatoms. The van der Waals surface area contributed by atoms with Gasteiger partial charge in [0.1, 0.15) is 0 Å². The van der Waals surface area contributed by atoms with E-state index in [-0.39, 0.29) is 12.4 Å². The van der Waals surface area contributed by atoms with Crippen LogP contribution in [0.4, 0.5) is 10.8 Å². The van der Waals surface area contributed by atoms with E-state index < -0.39 is 5.91 Å². The highest BCUT2D eigenvalue weighted by molar-refractivity contribution is 7.13. The van der Waals surface area contributed by atoms with Crippen LogP contribution in [-0.2, 0) is 16.0 Å². The van der Waals surface area contributed by atoms with Crippen LogP contribution in [-0.4, -0.2) is 23.5 Å². The molecule has 0 aliphatic heterocycles. The summed E-state index contributed by atoms with van der Waals surface area (Å²) in [7, 11) is 0. The lowest BCUT2D eigenvalue weighted by Crippen LogP contribution is -2.10. The fourth-order valence-corrected chi connectivity index (χ4v) is 2.38. The number of carbonyl (C=O) groups excluding carboxylic acids is 2. The van der Waals surface area contributed by atoms with Crippen molar-refractivity contribution < 1.29 is 14.3 Å². The second kappa shape index (κ2) is 6.85. The van der Waals surface area contributed by atoms with E-state index in [1.807, 2.05) is 0 Å². The van der Waals surface area contributed by atoms with Crippen molar-refractivity contribution in [2.24, 2.45) is 5.73 Å². The van der Waals surface area contributed by atoms with Gasteiger partial charge in [0.05, 0.1) is 18.7 Å². The Labute approximate surface area is 125 Å². The molecule has 0 bridgehead atoms. The Balaban J connectivity index is 1.98. The number of amides is 1. The number of rotatable bonds is 6. The van der Waals surface area contributed by atoms with Gasteiger partial charge in [0, 0.05) is 16.6 Å². The zero-order valence-corrected chi connectivity index (χ0v) is 12.3. The van der Waals surface area contributed by atoms with E-state index in [1.54, 1.807) is 36.6 Å². The molecule has 0 fully saturated rings. The molecular weight excluding hydrogens is 290 g/mol. The lowest BCUT2D eigenvalue weighted by Gasteiger charge is -2.03. The molecular formula is C14H15N3O3S. The standard InChI is InChI=1S/C14H15N3O3S/c1-2-20-12(18)7-11-8-21-14(17-11)16-10-5-3-9(4-6-10)13(15)19/h3-6,8H,2,7H2,1H3,(H2,15,19)(H,16,17). The highest BCUT2D eigenvalue weighted by Crippen LogP contribution is 2.21. The van der Waals surface area contributed by atoms with E-state index in [9.17, 15) is 9.59 Å². The maximum atomic E-state index is 11.4. The second-order valence-corrected chi connectivity index (χ2v) is 5.05. The molecule has 2 aromatic rings. The van der Waals surface area contributed by atoms with Crippen molar-refractivity contribution in [3.05, 3.63) is 40.9 Å². The number of nitrogens with two attached hydrogens (primary N) is 1. The Morgan fingerprint density at radius 3 is 2.67 bits per heavy atom. The Hall–Kier alpha value is -2.41. The number of esters is 1. The van der Waals surface area contributed by atoms with Gasteiger partial charge in [-0.05, 0) is 31.2 Å². The van der Waals surface area contributed by atoms with Crippen LogP contribution in [0.2, 0.25) is 0 Å². The number of thiazole rings is 1. The number of nitrogens with one attached hydrogen (secondary N) is 1. The molecule has 21 heavy (non-hydrogen) atoms. The van der Waals surface area contributed by atoms with Crippen LogP contribution in [0.15, 0.2) is 29.6 Å². The van der Waals surface area contributed by atoms with Crippen LogP contribution in [0, 0.1) is 0 Å². The van der Waals surface area contributed by atoms with Gasteiger partial charge in [0.15, 0.2) is 5.13 Å². The van der Waals surface area contributed by atoms with Gasteiger partial charge >= 0.3 is 5.97 Å². The van der Waals surface area contributed by atoms with Crippen LogP contribution >= 0.6 is 11.3 Å². The first-order valence-electron chi connectivity index (χ1n) is 6.35. The van der Waals surface area contributed by atoms with Crippen molar-refractivity contribution in [3.63, 3.8) is 0 Å². The Morgan fingerprint density at radius 2 is 2.05 bits per heavy atom. The number of aromatic nitrogens is 1. The molecule has 0 unspecified atom stereocenters. The molecule has 0 aliphatic carbocycles. The number of hydrogen-bond donors (Lipinski definition) is 2. The summed E-state index contributed by atoms with van der Waals surface area (Å²) in [4.78, 5) is 26.6. The second-order valence-electron chi connectivity index (χ2n) is 4.19. The first kappa shape index (κ1) is 15.0. The van der Waals surface area contributed by atoms with E-state index in [1.165, 1.54) is 11.3 Å². The number of primary amides is 1. The molecule has 2 rings (SSSR count). The number of hydrogen-bond acceptors (Lipinski definition) is 6. The fraction of sp³-hybridized carbons (Fsp3) is 0.214. The smallest absolute Gasteiger partial charge is 0.311 e. The number of nitrogens with zero attached hydrogens (tertiary/aromatic N) is 1. The zero-order valence-electron chi connectivity index (χ0n) is 11.5. The summed E-state index contributed by atoms with van der Waals surface area (Å²) in [5, 5.41) is 5.57. The number of anilines is 2. The third-order valence-electron chi connectivity index (χ3n) is 2.60. The highest BCUT2D eigenvalue weighted by Gasteiger charge is 2.08. The largest absolute Gasteiger partial charge is 0.466 e. The molecule has 1 heterocycles. The summed E-state index contributed by atoms with van der Waals surface area (Å²) in [5.74, 6) is -0.757. The van der Waals surface area contributed by atoms with E-state index >= 15 is 0 Å². The molecule has 0 radical (unpaired) electrons. The van der Waals surface area contributed by atoms with Gasteiger partial charge in [-0.3, -0.25) is 9.59 Å². The summed E-state index contributed by atoms with van der Waals surface area (Å²) >= 11 is 1.39. The molecule has 1 amide bonds. The van der Waals surface area contributed by atoms with Crippen molar-refractivity contribution in [2.75, 3.05) is 11.9 Å². The number of ether oxygens (including phenoxy) is 1. The van der Waals surface area contributed by atoms with Crippen molar-refractivity contribution in [1.29, 1.82) is 0 Å². The van der Waals surface area contributed by atoms with E-state index in [0.29, 0.717) is 23.0 Å². The molecule has 110 valence electrons. The van der Waals surface area contributed by atoms with E-state index in [4.69, 9.17) is 10.5 Å². The molecule has 0 atom stereocenters. The Morgan fingerprint density at radius 1 is 1.33 bits per heavy atom. The lowest BCUT2D eigenvalue weighted by atomic mass is 10.2. The van der Waals surface area contributed by atoms with Gasteiger partial charge in [0.25, 0.3) is 0 Å². The van der Waals surface area contributed by atoms with Crippen molar-refractivity contribution in [3.8, 4) is 0 Å². The van der Waals surface area contributed by atoms with Gasteiger partial charge < -0.3 is 15.8 Å². The first-order valence-corrected chi connectivity index (χ1v) is 7.23. The first-order chi connectivity index (χ1) is 10.1. The molecule has 0 saturated carbocycles. The Kier molecular flexibility index (Phi) is 4.89. The molecule has 0 aliphatic rings. The minimum absolute atomic E-state index is 0.159. The molecule has 1 aromatic carbocycles. The molecule has 3 N–H and O–H groups in total. The Bertz CT molecular complexity index is 637. The van der Waals surface area contributed by atoms with E-state index in [0.717, 1.165) is 5.69 Å². The minimum Gasteiger partial charge on any atom is -0.466 e. The molecule has 6 nitrogen and oxygen atoms in total. The summed E-state index contributed by atoms with van der Waals surface area (Å²) in [5.41, 5.74) is 7.07. The average Bonchev–Trinajstić information content (AvgIpc) is 2.86. The maximum Gasteiger partial charge on any atom is 0.311 e. The maximum absolute atomic E-state index is 11.4. The third kappa shape index (κ3) is 4.28. The lowest BCUT2D eigenvalue weighted by molar-refractivity contribution is -0.142. The minimum atomic E-state index is -0.465. The van der Waals surface area contributed by atoms with Crippen molar-refractivity contribution >= 4 is 34.0 Å². The summed E-state index contributed by atoms with van der Waals surface area (Å²) in [6.45, 7) is 2.13. The quantitative estimate of drug-likeness (QED) is 0.797. The predicted molar refractivity (Wildman–Crippen MR) is 80.7 cm³/mol. The summed E-state index contributed by atoms with van der Waals surface area (Å²) < 4.78 is 4.87. The van der Waals surface area contributed by atoms with Gasteiger partial charge in [-0.15, -0.1) is 11.3 Å². The van der Waals surface area contributed by atoms with Crippen LogP contribution in [0.25, 0.3) is 0 Å². The van der Waals surface area contributed by atoms with Crippen molar-refractivity contribution in [2.45, 2.75) is 13.3 Å². The topological polar surface area (TPSA) is 94.3 Å². The van der Waals surface area contributed by atoms with Crippen LogP contribution < -0.4 is 11.1 Å². The number of benzene rings is 1. The zero-order chi connectivity index (χ0) is 15.2. The van der Waals surface area contributed by atoms with Gasteiger partial charge in [-0.25, -0.2) is 4.98 Å². The normalized spacial score (nSPS) is 10.1. The fourth-order valence-electron chi connectivity index (χ4n) is 1.65. The van der Waals surface area contributed by atoms with Crippen LogP contribution in [0.3, 0.4) is 0 Å². The number of carbonyl (C=O) groups is 2. The van der Waals surface area contributed by atoms with Crippen LogP contribution in [0.5, 0.6) is 0 Å².